The van der Waals surface area contributed by atoms with Crippen LogP contribution in [0.25, 0.3) is 11.3 Å². The van der Waals surface area contributed by atoms with Crippen LogP contribution in [-0.4, -0.2) is 22.8 Å². The van der Waals surface area contributed by atoms with Crippen LogP contribution in [0.1, 0.15) is 36.3 Å². The van der Waals surface area contributed by atoms with Gasteiger partial charge in [-0.25, -0.2) is 0 Å². The highest BCUT2D eigenvalue weighted by atomic mass is 79.9. The van der Waals surface area contributed by atoms with Crippen molar-refractivity contribution < 1.29 is 9.59 Å². The fourth-order valence-electron chi connectivity index (χ4n) is 2.56. The number of nitrogens with two attached hydrogens (primary N) is 1. The van der Waals surface area contributed by atoms with Gasteiger partial charge in [0, 0.05) is 10.0 Å². The number of aryl methyl sites for hydroxylation is 1. The summed E-state index contributed by atoms with van der Waals surface area (Å²) in [5.74, 6) is -0.899. The average molecular weight is 404 g/mol. The van der Waals surface area contributed by atoms with Gasteiger partial charge >= 0.3 is 0 Å². The van der Waals surface area contributed by atoms with Crippen LogP contribution in [0, 0.1) is 12.8 Å². The first-order valence-corrected chi connectivity index (χ1v) is 8.96. The number of hydrogen-bond acceptors (Lipinski definition) is 3. The molecule has 2 rings (SSSR count). The van der Waals surface area contributed by atoms with Gasteiger partial charge in [0.05, 0.1) is 17.0 Å². The molecule has 0 bridgehead atoms. The quantitative estimate of drug-likeness (QED) is 0.774. The third-order valence-electron chi connectivity index (χ3n) is 4.26. The van der Waals surface area contributed by atoms with E-state index in [1.54, 1.807) is 19.1 Å². The molecule has 1 aromatic carbocycles. The van der Waals surface area contributed by atoms with Gasteiger partial charge in [-0.1, -0.05) is 48.3 Å². The van der Waals surface area contributed by atoms with Crippen LogP contribution >= 0.6 is 15.9 Å². The lowest BCUT2D eigenvalue weighted by Crippen LogP contribution is -2.48. The molecule has 2 atom stereocenters. The number of nitrogens with zero attached hydrogens (tertiary/aromatic N) is 1. The van der Waals surface area contributed by atoms with Crippen molar-refractivity contribution in [1.82, 2.24) is 10.3 Å². The standard InChI is InChI=1S/C19H22BrN3O2/c1-4-11(2)17(18(21)24)23-19(25)15-8-9-16(22-12(15)3)13-6-5-7-14(20)10-13/h5-11,17H,4H2,1-3H3,(H2,21,24)(H,23,25). The molecule has 0 radical (unpaired) electrons. The van der Waals surface area contributed by atoms with E-state index < -0.39 is 11.9 Å². The Balaban J connectivity index is 2.25. The smallest absolute Gasteiger partial charge is 0.253 e. The van der Waals surface area contributed by atoms with E-state index in [1.807, 2.05) is 38.1 Å². The van der Waals surface area contributed by atoms with Crippen molar-refractivity contribution in [3.8, 4) is 11.3 Å². The first-order chi connectivity index (χ1) is 11.8. The molecule has 0 aliphatic rings. The number of rotatable bonds is 6. The number of nitrogens with one attached hydrogen (secondary N) is 1. The second-order valence-corrected chi connectivity index (χ2v) is 6.99. The Bertz CT molecular complexity index is 792. The molecule has 3 N–H and O–H groups in total. The summed E-state index contributed by atoms with van der Waals surface area (Å²) in [6, 6.07) is 10.6. The predicted octanol–water partition coefficient (Wildman–Crippen LogP) is 3.45. The topological polar surface area (TPSA) is 85.1 Å². The van der Waals surface area contributed by atoms with E-state index in [0.717, 1.165) is 22.2 Å². The summed E-state index contributed by atoms with van der Waals surface area (Å²) >= 11 is 3.44. The lowest BCUT2D eigenvalue weighted by molar-refractivity contribution is -0.120. The van der Waals surface area contributed by atoms with Gasteiger partial charge in [-0.15, -0.1) is 0 Å². The number of benzene rings is 1. The molecule has 25 heavy (non-hydrogen) atoms. The van der Waals surface area contributed by atoms with E-state index in [0.29, 0.717) is 11.3 Å². The number of carbonyl (C=O) groups excluding carboxylic acids is 2. The molecule has 5 nitrogen and oxygen atoms in total. The van der Waals surface area contributed by atoms with Crippen molar-refractivity contribution in [2.45, 2.75) is 33.2 Å². The van der Waals surface area contributed by atoms with E-state index in [2.05, 4.69) is 26.2 Å². The molecular weight excluding hydrogens is 382 g/mol. The number of primary amides is 1. The molecule has 2 unspecified atom stereocenters. The SMILES string of the molecule is CCC(C)C(NC(=O)c1ccc(-c2cccc(Br)c2)nc1C)C(N)=O. The summed E-state index contributed by atoms with van der Waals surface area (Å²) in [6.07, 6.45) is 0.743. The molecule has 6 heteroatoms. The summed E-state index contributed by atoms with van der Waals surface area (Å²) in [5, 5.41) is 2.73. The van der Waals surface area contributed by atoms with Crippen molar-refractivity contribution in [3.05, 3.63) is 52.1 Å². The third-order valence-corrected chi connectivity index (χ3v) is 4.75. The maximum Gasteiger partial charge on any atom is 0.253 e. The first-order valence-electron chi connectivity index (χ1n) is 8.17. The summed E-state index contributed by atoms with van der Waals surface area (Å²) < 4.78 is 0.962. The summed E-state index contributed by atoms with van der Waals surface area (Å²) in [7, 11) is 0. The average Bonchev–Trinajstić information content (AvgIpc) is 2.58. The number of hydrogen-bond donors (Lipinski definition) is 2. The zero-order valence-electron chi connectivity index (χ0n) is 14.5. The number of amides is 2. The van der Waals surface area contributed by atoms with Crippen molar-refractivity contribution in [3.63, 3.8) is 0 Å². The minimum absolute atomic E-state index is 0.0318. The Kier molecular flexibility index (Phi) is 6.31. The Morgan fingerprint density at radius 2 is 2.00 bits per heavy atom. The molecule has 0 saturated carbocycles. The second-order valence-electron chi connectivity index (χ2n) is 6.08. The molecule has 1 heterocycles. The number of pyridine rings is 1. The molecule has 0 aliphatic heterocycles. The normalized spacial score (nSPS) is 13.1. The Hall–Kier alpha value is -2.21. The van der Waals surface area contributed by atoms with Crippen LogP contribution < -0.4 is 11.1 Å². The second kappa shape index (κ2) is 8.25. The predicted molar refractivity (Wildman–Crippen MR) is 102 cm³/mol. The van der Waals surface area contributed by atoms with Crippen LogP contribution in [0.5, 0.6) is 0 Å². The van der Waals surface area contributed by atoms with Crippen LogP contribution in [0.3, 0.4) is 0 Å². The van der Waals surface area contributed by atoms with E-state index >= 15 is 0 Å². The van der Waals surface area contributed by atoms with Crippen LogP contribution in [-0.2, 0) is 4.79 Å². The Morgan fingerprint density at radius 1 is 1.28 bits per heavy atom. The Labute approximate surface area is 156 Å². The minimum Gasteiger partial charge on any atom is -0.368 e. The molecule has 0 fully saturated rings. The molecule has 2 aromatic rings. The van der Waals surface area contributed by atoms with Crippen LogP contribution in [0.15, 0.2) is 40.9 Å². The lowest BCUT2D eigenvalue weighted by atomic mass is 9.98. The fourth-order valence-corrected chi connectivity index (χ4v) is 2.96. The van der Waals surface area contributed by atoms with Gasteiger partial charge in [0.2, 0.25) is 5.91 Å². The molecule has 132 valence electrons. The van der Waals surface area contributed by atoms with Crippen molar-refractivity contribution in [2.24, 2.45) is 11.7 Å². The zero-order valence-corrected chi connectivity index (χ0v) is 16.1. The fraction of sp³-hybridized carbons (Fsp3) is 0.316. The molecular formula is C19H22BrN3O2. The minimum atomic E-state index is -0.693. The van der Waals surface area contributed by atoms with Crippen molar-refractivity contribution in [1.29, 1.82) is 0 Å². The van der Waals surface area contributed by atoms with Crippen LogP contribution in [0.4, 0.5) is 0 Å². The van der Waals surface area contributed by atoms with E-state index in [9.17, 15) is 9.59 Å². The number of aromatic nitrogens is 1. The zero-order chi connectivity index (χ0) is 18.6. The maximum absolute atomic E-state index is 12.5. The van der Waals surface area contributed by atoms with Crippen molar-refractivity contribution >= 4 is 27.7 Å². The summed E-state index contributed by atoms with van der Waals surface area (Å²) in [5.41, 5.74) is 8.19. The van der Waals surface area contributed by atoms with Gasteiger partial charge in [0.15, 0.2) is 0 Å². The third kappa shape index (κ3) is 4.66. The van der Waals surface area contributed by atoms with Crippen molar-refractivity contribution in [2.75, 3.05) is 0 Å². The van der Waals surface area contributed by atoms with Gasteiger partial charge in [0.25, 0.3) is 5.91 Å². The van der Waals surface area contributed by atoms with Gasteiger partial charge in [0.1, 0.15) is 6.04 Å². The molecule has 0 spiro atoms. The molecule has 0 aliphatic carbocycles. The lowest BCUT2D eigenvalue weighted by Gasteiger charge is -2.21. The first kappa shape index (κ1) is 19.1. The highest BCUT2D eigenvalue weighted by molar-refractivity contribution is 9.10. The highest BCUT2D eigenvalue weighted by Gasteiger charge is 2.25. The highest BCUT2D eigenvalue weighted by Crippen LogP contribution is 2.22. The summed E-state index contributed by atoms with van der Waals surface area (Å²) in [6.45, 7) is 5.61. The van der Waals surface area contributed by atoms with Gasteiger partial charge in [-0.3, -0.25) is 14.6 Å². The van der Waals surface area contributed by atoms with Gasteiger partial charge < -0.3 is 11.1 Å². The molecule has 2 amide bonds. The molecule has 0 saturated heterocycles. The maximum atomic E-state index is 12.5. The van der Waals surface area contributed by atoms with Gasteiger partial charge in [-0.2, -0.15) is 0 Å². The largest absolute Gasteiger partial charge is 0.368 e. The van der Waals surface area contributed by atoms with Crippen LogP contribution in [0.2, 0.25) is 0 Å². The molecule has 1 aromatic heterocycles. The van der Waals surface area contributed by atoms with Gasteiger partial charge in [-0.05, 0) is 37.1 Å². The van der Waals surface area contributed by atoms with E-state index in [4.69, 9.17) is 5.73 Å². The van der Waals surface area contributed by atoms with E-state index in [1.165, 1.54) is 0 Å². The number of halogens is 1. The Morgan fingerprint density at radius 3 is 2.56 bits per heavy atom. The summed E-state index contributed by atoms with van der Waals surface area (Å²) in [4.78, 5) is 28.7. The van der Waals surface area contributed by atoms with E-state index in [-0.39, 0.29) is 11.8 Å². The monoisotopic (exact) mass is 403 g/mol. The number of carbonyl (C=O) groups is 2.